The Hall–Kier alpha value is -2.81. The number of esters is 4. The molecule has 0 aromatic heterocycles. The minimum absolute atomic E-state index is 0.116. The van der Waals surface area contributed by atoms with Crippen molar-refractivity contribution in [3.8, 4) is 0 Å². The van der Waals surface area contributed by atoms with E-state index in [1.165, 1.54) is 0 Å². The first-order valence-corrected chi connectivity index (χ1v) is 24.9. The lowest BCUT2D eigenvalue weighted by Gasteiger charge is -2.38. The van der Waals surface area contributed by atoms with Crippen LogP contribution in [0.1, 0.15) is 120 Å². The number of hydrogen-bond acceptors (Lipinski definition) is 10. The van der Waals surface area contributed by atoms with Crippen molar-refractivity contribution in [2.24, 2.45) is 0 Å². The van der Waals surface area contributed by atoms with Crippen molar-refractivity contribution in [3.05, 3.63) is 46.6 Å². The van der Waals surface area contributed by atoms with E-state index in [1.807, 2.05) is 24.3 Å². The summed E-state index contributed by atoms with van der Waals surface area (Å²) in [4.78, 5) is 53.1. The number of hydrogen-bond donors (Lipinski definition) is 0. The Morgan fingerprint density at radius 2 is 1.02 bits per heavy atom. The Morgan fingerprint density at radius 3 is 1.33 bits per heavy atom. The summed E-state index contributed by atoms with van der Waals surface area (Å²) in [5.41, 5.74) is 1.52. The molecule has 292 valence electrons. The van der Waals surface area contributed by atoms with Gasteiger partial charge in [0.1, 0.15) is 12.2 Å². The van der Waals surface area contributed by atoms with Crippen molar-refractivity contribution in [2.75, 3.05) is 0 Å². The van der Waals surface area contributed by atoms with Gasteiger partial charge in [0.2, 0.25) is 12.6 Å². The van der Waals surface area contributed by atoms with E-state index in [4.69, 9.17) is 27.8 Å². The minimum Gasteiger partial charge on any atom is -0.458 e. The van der Waals surface area contributed by atoms with E-state index < -0.39 is 65.3 Å². The molecule has 1 fully saturated rings. The summed E-state index contributed by atoms with van der Waals surface area (Å²) in [5.74, 6) is -2.41. The maximum atomic E-state index is 13.4. The number of carbonyl (C=O) groups is 4. The van der Waals surface area contributed by atoms with Crippen LogP contribution in [0.3, 0.4) is 0 Å². The van der Waals surface area contributed by atoms with E-state index in [-0.39, 0.29) is 34.1 Å². The van der Waals surface area contributed by atoms with E-state index in [9.17, 15) is 19.2 Å². The van der Waals surface area contributed by atoms with Gasteiger partial charge in [-0.25, -0.2) is 9.59 Å². The lowest BCUT2D eigenvalue weighted by atomic mass is 9.94. The Bertz CT molecular complexity index is 1330. The van der Waals surface area contributed by atoms with Crippen LogP contribution in [-0.2, 0) is 47.0 Å². The van der Waals surface area contributed by atoms with Crippen molar-refractivity contribution in [1.29, 1.82) is 0 Å². The lowest BCUT2D eigenvalue weighted by molar-refractivity contribution is -0.171. The Morgan fingerprint density at radius 1 is 0.673 bits per heavy atom. The molecule has 12 heteroatoms. The van der Waals surface area contributed by atoms with Gasteiger partial charge in [0, 0.05) is 11.1 Å². The summed E-state index contributed by atoms with van der Waals surface area (Å²) in [6.07, 6.45) is 9.88. The molecule has 0 spiro atoms. The Labute approximate surface area is 314 Å². The van der Waals surface area contributed by atoms with Crippen LogP contribution in [0.25, 0.3) is 0 Å². The molecule has 0 aromatic rings. The number of cyclic esters (lactones) is 2. The van der Waals surface area contributed by atoms with Crippen LogP contribution >= 0.6 is 0 Å². The average molecular weight is 761 g/mol. The van der Waals surface area contributed by atoms with Crippen LogP contribution in [0.5, 0.6) is 0 Å². The number of ether oxygens (including phenoxy) is 4. The first-order chi connectivity index (χ1) is 24.1. The molecule has 4 atom stereocenters. The van der Waals surface area contributed by atoms with E-state index in [2.05, 4.69) is 81.6 Å². The highest BCUT2D eigenvalue weighted by Gasteiger charge is 2.46. The third kappa shape index (κ3) is 11.4. The molecule has 10 nitrogen and oxygen atoms in total. The largest absolute Gasteiger partial charge is 0.458 e. The normalized spacial score (nSPS) is 23.5. The highest BCUT2D eigenvalue weighted by molar-refractivity contribution is 6.74. The third-order valence-corrected chi connectivity index (χ3v) is 19.7. The monoisotopic (exact) mass is 760 g/mol. The molecule has 0 bridgehead atoms. The molecule has 2 heterocycles. The van der Waals surface area contributed by atoms with E-state index >= 15 is 0 Å². The second-order valence-corrected chi connectivity index (χ2v) is 26.7. The molecule has 0 saturated heterocycles. The maximum Gasteiger partial charge on any atom is 0.337 e. The van der Waals surface area contributed by atoms with Gasteiger partial charge < -0.3 is 27.8 Å². The summed E-state index contributed by atoms with van der Waals surface area (Å²) < 4.78 is 36.2. The zero-order valence-corrected chi connectivity index (χ0v) is 35.8. The standard InChI is InChI=1S/C40H64O10Si2/c1-13-15-17-21-27-29(35(43)47-37(27)49-51(9,10)39(3,4)5)25-33(41)45-31-23-19-20-24-32(31)46-34(42)26-30-28(22-18-16-14-2)38(48-36(30)44)50-52(11,12)40(6,7)8/h17-18,21-22,31-32,37-38H,13-16,19-20,23-26H2,1-12H3/b21-17+,22-18+/t31-,32-,37?,38?/m1/s1. The SMILES string of the molecule is CCC/C=C/C1=C(CC(=O)O[C@@H]2CCCC[C@H]2OC(=O)CC2=C(/C=C/CCC)C(O[Si](C)(C)C(C)(C)C)OC2=O)C(=O)OC1O[Si](C)(C)C(C)(C)C. The molecule has 0 aromatic carbocycles. The van der Waals surface area contributed by atoms with Crippen LogP contribution in [0.15, 0.2) is 46.6 Å². The van der Waals surface area contributed by atoms with E-state index in [1.54, 1.807) is 0 Å². The number of carbonyl (C=O) groups excluding carboxylic acids is 4. The number of allylic oxidation sites excluding steroid dienone is 2. The molecule has 52 heavy (non-hydrogen) atoms. The maximum absolute atomic E-state index is 13.4. The molecule has 2 unspecified atom stereocenters. The molecular weight excluding hydrogens is 697 g/mol. The van der Waals surface area contributed by atoms with Gasteiger partial charge in [0.25, 0.3) is 0 Å². The van der Waals surface area contributed by atoms with Gasteiger partial charge in [0.15, 0.2) is 16.6 Å². The molecule has 3 rings (SSSR count). The zero-order chi connectivity index (χ0) is 39.1. The summed E-state index contributed by atoms with van der Waals surface area (Å²) in [6.45, 7) is 25.1. The predicted octanol–water partition coefficient (Wildman–Crippen LogP) is 9.28. The second kappa shape index (κ2) is 18.0. The molecule has 3 aliphatic rings. The van der Waals surface area contributed by atoms with Gasteiger partial charge in [-0.1, -0.05) is 92.5 Å². The van der Waals surface area contributed by atoms with Gasteiger partial charge in [-0.2, -0.15) is 0 Å². The molecule has 1 saturated carbocycles. The van der Waals surface area contributed by atoms with Crippen molar-refractivity contribution in [1.82, 2.24) is 0 Å². The molecule has 0 amide bonds. The second-order valence-electron chi connectivity index (χ2n) is 17.2. The van der Waals surface area contributed by atoms with Gasteiger partial charge in [-0.05, 0) is 74.8 Å². The highest BCUT2D eigenvalue weighted by atomic mass is 28.4. The number of rotatable bonds is 16. The fourth-order valence-electron chi connectivity index (χ4n) is 5.55. The van der Waals surface area contributed by atoms with Crippen LogP contribution in [-0.4, -0.2) is 65.3 Å². The molecule has 1 aliphatic carbocycles. The fraction of sp³-hybridized carbons (Fsp3) is 0.700. The molecule has 2 aliphatic heterocycles. The first kappa shape index (κ1) is 43.6. The smallest absolute Gasteiger partial charge is 0.337 e. The molecular formula is C40H64O10Si2. The third-order valence-electron chi connectivity index (χ3n) is 10.9. The van der Waals surface area contributed by atoms with Crippen LogP contribution in [0.4, 0.5) is 0 Å². The quantitative estimate of drug-likeness (QED) is 0.0854. The van der Waals surface area contributed by atoms with E-state index in [0.29, 0.717) is 24.0 Å². The van der Waals surface area contributed by atoms with Gasteiger partial charge >= 0.3 is 23.9 Å². The summed E-state index contributed by atoms with van der Waals surface area (Å²) in [7, 11) is -4.65. The zero-order valence-electron chi connectivity index (χ0n) is 33.8. The van der Waals surface area contributed by atoms with Crippen molar-refractivity contribution in [3.63, 3.8) is 0 Å². The molecule has 0 N–H and O–H groups in total. The summed E-state index contributed by atoms with van der Waals surface area (Å²) in [6, 6.07) is 0. The Kier molecular flexibility index (Phi) is 15.1. The van der Waals surface area contributed by atoms with Gasteiger partial charge in [0.05, 0.1) is 24.0 Å². The van der Waals surface area contributed by atoms with E-state index in [0.717, 1.165) is 38.5 Å². The average Bonchev–Trinajstić information content (AvgIpc) is 3.45. The number of unbranched alkanes of at least 4 members (excludes halogenated alkanes) is 2. The topological polar surface area (TPSA) is 124 Å². The van der Waals surface area contributed by atoms with Crippen LogP contribution in [0, 0.1) is 0 Å². The highest BCUT2D eigenvalue weighted by Crippen LogP contribution is 2.42. The summed E-state index contributed by atoms with van der Waals surface area (Å²) >= 11 is 0. The lowest BCUT2D eigenvalue weighted by Crippen LogP contribution is -2.44. The fourth-order valence-corrected chi connectivity index (χ4v) is 7.68. The van der Waals surface area contributed by atoms with Crippen molar-refractivity contribution >= 4 is 40.5 Å². The summed E-state index contributed by atoms with van der Waals surface area (Å²) in [5, 5.41) is -0.232. The molecule has 0 radical (unpaired) electrons. The first-order valence-electron chi connectivity index (χ1n) is 19.1. The van der Waals surface area contributed by atoms with Crippen molar-refractivity contribution < 1.29 is 47.0 Å². The van der Waals surface area contributed by atoms with Crippen LogP contribution in [0.2, 0.25) is 36.3 Å². The Balaban J connectivity index is 1.78. The minimum atomic E-state index is -2.32. The van der Waals surface area contributed by atoms with Crippen molar-refractivity contribution in [2.45, 2.75) is 181 Å². The van der Waals surface area contributed by atoms with Gasteiger partial charge in [-0.3, -0.25) is 9.59 Å². The predicted molar refractivity (Wildman–Crippen MR) is 206 cm³/mol. The van der Waals surface area contributed by atoms with Gasteiger partial charge in [-0.15, -0.1) is 0 Å². The van der Waals surface area contributed by atoms with Crippen LogP contribution < -0.4 is 0 Å².